The number of nitrogens with zero attached hydrogens (tertiary/aromatic N) is 2. The summed E-state index contributed by atoms with van der Waals surface area (Å²) in [5, 5.41) is 35.2. The van der Waals surface area contributed by atoms with Gasteiger partial charge in [0.25, 0.3) is 10.2 Å². The zero-order valence-electron chi connectivity index (χ0n) is 6.69. The van der Waals surface area contributed by atoms with Gasteiger partial charge < -0.3 is 20.3 Å². The Morgan fingerprint density at radius 2 is 1.46 bits per heavy atom. The lowest BCUT2D eigenvalue weighted by molar-refractivity contribution is -0.742. The minimum Gasteiger partial charge on any atom is -0.394 e. The van der Waals surface area contributed by atoms with Crippen molar-refractivity contribution in [2.45, 2.75) is 0 Å². The summed E-state index contributed by atoms with van der Waals surface area (Å²) in [4.78, 5) is 16.7. The first-order chi connectivity index (χ1) is 5.88. The van der Waals surface area contributed by atoms with Crippen molar-refractivity contribution in [3.8, 4) is 0 Å². The van der Waals surface area contributed by atoms with Crippen molar-refractivity contribution in [2.75, 3.05) is 20.3 Å². The first-order valence-corrected chi connectivity index (χ1v) is 2.64. The molecule has 0 aromatic heterocycles. The predicted molar refractivity (Wildman–Crippen MR) is 36.5 cm³/mol. The summed E-state index contributed by atoms with van der Waals surface area (Å²) in [6, 6.07) is 0. The van der Waals surface area contributed by atoms with Crippen LogP contribution >= 0.6 is 0 Å². The molecule has 0 radical (unpaired) electrons. The maximum absolute atomic E-state index is 8.36. The summed E-state index contributed by atoms with van der Waals surface area (Å²) >= 11 is 0. The molecule has 0 aliphatic carbocycles. The molecule has 0 saturated heterocycles. The van der Waals surface area contributed by atoms with E-state index in [1.807, 2.05) is 0 Å². The molecule has 10 heteroatoms. The number of aliphatic hydroxyl groups is 1. The molecule has 0 heterocycles. The van der Waals surface area contributed by atoms with Gasteiger partial charge in [-0.05, 0) is 0 Å². The minimum atomic E-state index is -1.50. The zero-order chi connectivity index (χ0) is 11.3. The van der Waals surface area contributed by atoms with Crippen LogP contribution in [0.4, 0.5) is 0 Å². The Labute approximate surface area is 72.2 Å². The zero-order valence-corrected chi connectivity index (χ0v) is 6.69. The molecule has 0 saturated carbocycles. The van der Waals surface area contributed by atoms with Crippen molar-refractivity contribution >= 4 is 0 Å². The van der Waals surface area contributed by atoms with Crippen molar-refractivity contribution in [1.29, 1.82) is 0 Å². The average Bonchev–Trinajstić information content (AvgIpc) is 1.86. The van der Waals surface area contributed by atoms with E-state index in [0.717, 1.165) is 0 Å². The van der Waals surface area contributed by atoms with Gasteiger partial charge in [-0.25, -0.2) is 0 Å². The smallest absolute Gasteiger partial charge is 0.291 e. The lowest BCUT2D eigenvalue weighted by Gasteiger charge is -1.84. The highest BCUT2D eigenvalue weighted by molar-refractivity contribution is 4.12. The summed E-state index contributed by atoms with van der Waals surface area (Å²) in [6.07, 6.45) is 0. The Morgan fingerprint density at radius 1 is 1.23 bits per heavy atom. The number of methoxy groups -OCH3 is 1. The molecular weight excluding hydrogens is 192 g/mol. The lowest BCUT2D eigenvalue weighted by Crippen LogP contribution is -1.91. The van der Waals surface area contributed by atoms with Gasteiger partial charge in [0.05, 0.1) is 13.2 Å². The third-order valence-electron chi connectivity index (χ3n) is 0.295. The van der Waals surface area contributed by atoms with Gasteiger partial charge in [-0.15, -0.1) is 20.2 Å². The van der Waals surface area contributed by atoms with Crippen LogP contribution in [-0.4, -0.2) is 46.0 Å². The van der Waals surface area contributed by atoms with Crippen LogP contribution in [0.3, 0.4) is 0 Å². The van der Waals surface area contributed by atoms with Crippen LogP contribution in [-0.2, 0) is 4.74 Å². The fraction of sp³-hybridized carbons (Fsp3) is 1.00. The fourth-order valence-electron chi connectivity index (χ4n) is 0.0913. The number of rotatable bonds is 2. The van der Waals surface area contributed by atoms with Crippen LogP contribution < -0.4 is 0 Å². The van der Waals surface area contributed by atoms with Crippen LogP contribution in [0.15, 0.2) is 0 Å². The Bertz CT molecular complexity index is 105. The van der Waals surface area contributed by atoms with E-state index >= 15 is 0 Å². The van der Waals surface area contributed by atoms with Crippen molar-refractivity contribution in [2.24, 2.45) is 0 Å². The molecule has 80 valence electrons. The Hall–Kier alpha value is -1.68. The molecule has 0 rings (SSSR count). The molecule has 0 aromatic rings. The first-order valence-electron chi connectivity index (χ1n) is 2.64. The van der Waals surface area contributed by atoms with E-state index in [4.69, 9.17) is 35.7 Å². The van der Waals surface area contributed by atoms with Gasteiger partial charge in [0.1, 0.15) is 0 Å². The number of ether oxygens (including phenoxy) is 1. The maximum atomic E-state index is 8.36. The largest absolute Gasteiger partial charge is 0.394 e. The minimum absolute atomic E-state index is 0.122. The van der Waals surface area contributed by atoms with Crippen molar-refractivity contribution in [3.63, 3.8) is 0 Å². The highest BCUT2D eigenvalue weighted by Crippen LogP contribution is 1.56. The van der Waals surface area contributed by atoms with Gasteiger partial charge in [0.15, 0.2) is 0 Å². The van der Waals surface area contributed by atoms with Crippen LogP contribution in [0.5, 0.6) is 0 Å². The molecule has 13 heavy (non-hydrogen) atoms. The van der Waals surface area contributed by atoms with E-state index in [0.29, 0.717) is 6.61 Å². The summed E-state index contributed by atoms with van der Waals surface area (Å²) in [5.41, 5.74) is 0. The topological polar surface area (TPSA) is 156 Å². The monoisotopic (exact) mass is 202 g/mol. The lowest BCUT2D eigenvalue weighted by atomic mass is 10.8. The third-order valence-corrected chi connectivity index (χ3v) is 0.295. The summed E-state index contributed by atoms with van der Waals surface area (Å²) in [5.74, 6) is 0. The van der Waals surface area contributed by atoms with E-state index in [9.17, 15) is 0 Å². The molecule has 0 bridgehead atoms. The predicted octanol–water partition coefficient (Wildman–Crippen LogP) is -1.07. The summed E-state index contributed by atoms with van der Waals surface area (Å²) < 4.78 is 4.44. The normalized spacial score (nSPS) is 6.92. The molecule has 0 aromatic carbocycles. The SMILES string of the molecule is COCCO.O=[N+]([O-])O.O=[N+]([O-])O. The standard InChI is InChI=1S/C3H8O2.2HNO3/c1-5-3-2-4;2*2-1(3)4/h4H,2-3H2,1H3;2*(H,2,3,4). The average molecular weight is 202 g/mol. The van der Waals surface area contributed by atoms with Gasteiger partial charge in [-0.1, -0.05) is 0 Å². The second kappa shape index (κ2) is 16.7. The highest BCUT2D eigenvalue weighted by Gasteiger charge is 1.67. The second-order valence-electron chi connectivity index (χ2n) is 1.19. The molecule has 0 atom stereocenters. The number of hydrogen-bond acceptors (Lipinski definition) is 6. The number of hydrogen-bond donors (Lipinski definition) is 3. The Morgan fingerprint density at radius 3 is 1.46 bits per heavy atom. The number of aliphatic hydroxyl groups excluding tert-OH is 1. The Balaban J connectivity index is -0.000000117. The molecule has 0 amide bonds. The van der Waals surface area contributed by atoms with E-state index in [1.165, 1.54) is 0 Å². The summed E-state index contributed by atoms with van der Waals surface area (Å²) in [6.45, 7) is 0.566. The fourth-order valence-corrected chi connectivity index (χ4v) is 0.0913. The van der Waals surface area contributed by atoms with Gasteiger partial charge in [0.2, 0.25) is 0 Å². The molecule has 0 unspecified atom stereocenters. The third kappa shape index (κ3) is 6980. The van der Waals surface area contributed by atoms with Crippen LogP contribution in [0.25, 0.3) is 0 Å². The molecule has 0 fully saturated rings. The van der Waals surface area contributed by atoms with Crippen LogP contribution in [0, 0.1) is 20.2 Å². The van der Waals surface area contributed by atoms with E-state index in [-0.39, 0.29) is 6.61 Å². The highest BCUT2D eigenvalue weighted by atomic mass is 16.9. The van der Waals surface area contributed by atoms with Gasteiger partial charge >= 0.3 is 0 Å². The molecule has 3 N–H and O–H groups in total. The molecule has 0 spiro atoms. The first kappa shape index (κ1) is 17.4. The van der Waals surface area contributed by atoms with Crippen molar-refractivity contribution < 1.29 is 30.4 Å². The van der Waals surface area contributed by atoms with Gasteiger partial charge in [0, 0.05) is 7.11 Å². The summed E-state index contributed by atoms with van der Waals surface area (Å²) in [7, 11) is 1.55. The van der Waals surface area contributed by atoms with E-state index in [1.54, 1.807) is 7.11 Å². The molecule has 0 aliphatic rings. The quantitative estimate of drug-likeness (QED) is 0.377. The second-order valence-corrected chi connectivity index (χ2v) is 1.19. The molecule has 10 nitrogen and oxygen atoms in total. The molecular formula is C3H10N2O8. The van der Waals surface area contributed by atoms with E-state index < -0.39 is 10.2 Å². The van der Waals surface area contributed by atoms with Crippen molar-refractivity contribution in [3.05, 3.63) is 20.2 Å². The van der Waals surface area contributed by atoms with Crippen LogP contribution in [0.2, 0.25) is 0 Å². The Kier molecular flexibility index (Phi) is 22.4. The maximum Gasteiger partial charge on any atom is 0.291 e. The van der Waals surface area contributed by atoms with Crippen LogP contribution in [0.1, 0.15) is 0 Å². The van der Waals surface area contributed by atoms with Gasteiger partial charge in [-0.3, -0.25) is 0 Å². The molecule has 0 aliphatic heterocycles. The van der Waals surface area contributed by atoms with Crippen molar-refractivity contribution in [1.82, 2.24) is 0 Å². The van der Waals surface area contributed by atoms with Gasteiger partial charge in [-0.2, -0.15) is 0 Å². The van der Waals surface area contributed by atoms with E-state index in [2.05, 4.69) is 4.74 Å².